The molecule has 0 rings (SSSR count). The molecule has 0 saturated heterocycles. The van der Waals surface area contributed by atoms with Crippen molar-refractivity contribution >= 4 is 11.9 Å². The number of amides is 1. The average molecular weight is 714 g/mol. The predicted molar refractivity (Wildman–Crippen MR) is 207 cm³/mol. The van der Waals surface area contributed by atoms with Gasteiger partial charge in [-0.2, -0.15) is 0 Å². The van der Waals surface area contributed by atoms with Crippen molar-refractivity contribution in [2.75, 3.05) is 13.2 Å². The van der Waals surface area contributed by atoms with Crippen LogP contribution in [0.15, 0.2) is 0 Å². The molecule has 4 unspecified atom stereocenters. The summed E-state index contributed by atoms with van der Waals surface area (Å²) >= 11 is 0. The molecule has 1 amide bonds. The zero-order valence-electron chi connectivity index (χ0n) is 32.9. The van der Waals surface area contributed by atoms with Crippen LogP contribution in [0.4, 0.5) is 0 Å². The van der Waals surface area contributed by atoms with Crippen molar-refractivity contribution < 1.29 is 34.8 Å². The molecule has 8 nitrogen and oxygen atoms in total. The Labute approximate surface area is 308 Å². The van der Waals surface area contributed by atoms with E-state index in [0.29, 0.717) is 13.0 Å². The molecule has 50 heavy (non-hydrogen) atoms. The van der Waals surface area contributed by atoms with E-state index in [-0.39, 0.29) is 6.42 Å². The number of rotatable bonds is 39. The number of unbranched alkanes of at least 4 members (excludes halogenated alkanes) is 29. The molecule has 4 atom stereocenters. The number of carbonyl (C=O) groups is 2. The minimum absolute atomic E-state index is 0.230. The van der Waals surface area contributed by atoms with E-state index in [4.69, 9.17) is 4.74 Å². The number of aliphatic hydroxyl groups is 4. The lowest BCUT2D eigenvalue weighted by atomic mass is 10.0. The summed E-state index contributed by atoms with van der Waals surface area (Å²) in [5.41, 5.74) is 0. The van der Waals surface area contributed by atoms with E-state index in [1.165, 1.54) is 161 Å². The maximum Gasteiger partial charge on any atom is 0.305 e. The van der Waals surface area contributed by atoms with Gasteiger partial charge in [0.1, 0.15) is 24.9 Å². The number of carbonyl (C=O) groups excluding carboxylic acids is 2. The topological polar surface area (TPSA) is 136 Å². The molecule has 0 aromatic heterocycles. The van der Waals surface area contributed by atoms with Crippen LogP contribution < -0.4 is 5.32 Å². The third kappa shape index (κ3) is 31.5. The fourth-order valence-corrected chi connectivity index (χ4v) is 6.55. The van der Waals surface area contributed by atoms with Crippen LogP contribution in [-0.4, -0.2) is 69.9 Å². The van der Waals surface area contributed by atoms with Gasteiger partial charge in [0.05, 0.1) is 0 Å². The molecule has 0 aromatic rings. The maximum absolute atomic E-state index is 12.3. The second kappa shape index (κ2) is 37.5. The maximum atomic E-state index is 12.3. The fourth-order valence-electron chi connectivity index (χ4n) is 6.55. The van der Waals surface area contributed by atoms with Gasteiger partial charge in [0.2, 0.25) is 0 Å². The van der Waals surface area contributed by atoms with E-state index in [1.807, 2.05) is 0 Å². The summed E-state index contributed by atoms with van der Waals surface area (Å²) in [5.74, 6) is -1.27. The first-order chi connectivity index (χ1) is 24.3. The van der Waals surface area contributed by atoms with Crippen molar-refractivity contribution in [3.63, 3.8) is 0 Å². The SMILES string of the molecule is CCCCCCCCCCCCCCCCCCNC(=O)C(O)C(O)C(O)C(O)COC(=O)CCCCCCCCCCCCCCCCC. The van der Waals surface area contributed by atoms with Gasteiger partial charge < -0.3 is 30.5 Å². The quantitative estimate of drug-likeness (QED) is 0.0316. The first-order valence-electron chi connectivity index (χ1n) is 21.5. The highest BCUT2D eigenvalue weighted by molar-refractivity contribution is 5.81. The van der Waals surface area contributed by atoms with Crippen molar-refractivity contribution in [3.8, 4) is 0 Å². The molecule has 0 saturated carbocycles. The van der Waals surface area contributed by atoms with Crippen molar-refractivity contribution in [2.45, 2.75) is 244 Å². The number of esters is 1. The van der Waals surface area contributed by atoms with Crippen molar-refractivity contribution in [1.29, 1.82) is 0 Å². The minimum Gasteiger partial charge on any atom is -0.463 e. The van der Waals surface area contributed by atoms with Gasteiger partial charge in [-0.05, 0) is 12.8 Å². The lowest BCUT2D eigenvalue weighted by molar-refractivity contribution is -0.159. The lowest BCUT2D eigenvalue weighted by Crippen LogP contribution is -2.52. The Morgan fingerprint density at radius 1 is 0.460 bits per heavy atom. The third-order valence-corrected chi connectivity index (χ3v) is 10.1. The average Bonchev–Trinajstić information content (AvgIpc) is 3.12. The Morgan fingerprint density at radius 2 is 0.780 bits per heavy atom. The van der Waals surface area contributed by atoms with Crippen LogP contribution in [0.5, 0.6) is 0 Å². The van der Waals surface area contributed by atoms with Gasteiger partial charge >= 0.3 is 5.97 Å². The van der Waals surface area contributed by atoms with E-state index < -0.39 is 42.9 Å². The Hall–Kier alpha value is -1.22. The van der Waals surface area contributed by atoms with E-state index in [0.717, 1.165) is 32.1 Å². The molecule has 0 spiro atoms. The van der Waals surface area contributed by atoms with Crippen molar-refractivity contribution in [1.82, 2.24) is 5.32 Å². The molecule has 298 valence electrons. The molecule has 0 aromatic carbocycles. The van der Waals surface area contributed by atoms with Crippen LogP contribution in [0.1, 0.15) is 219 Å². The molecule has 0 aliphatic rings. The van der Waals surface area contributed by atoms with E-state index in [1.54, 1.807) is 0 Å². The largest absolute Gasteiger partial charge is 0.463 e. The van der Waals surface area contributed by atoms with Crippen molar-refractivity contribution in [2.24, 2.45) is 0 Å². The Bertz CT molecular complexity index is 737. The summed E-state index contributed by atoms with van der Waals surface area (Å²) in [6, 6.07) is 0. The van der Waals surface area contributed by atoms with Crippen LogP contribution in [0.25, 0.3) is 0 Å². The van der Waals surface area contributed by atoms with Crippen molar-refractivity contribution in [3.05, 3.63) is 0 Å². The number of nitrogens with one attached hydrogen (secondary N) is 1. The van der Waals surface area contributed by atoms with Gasteiger partial charge in [0.25, 0.3) is 5.91 Å². The van der Waals surface area contributed by atoms with Gasteiger partial charge in [-0.1, -0.05) is 200 Å². The lowest BCUT2D eigenvalue weighted by Gasteiger charge is -2.25. The predicted octanol–water partition coefficient (Wildman–Crippen LogP) is 9.61. The normalized spacial score (nSPS) is 14.0. The molecule has 0 radical (unpaired) electrons. The zero-order chi connectivity index (χ0) is 36.9. The van der Waals surface area contributed by atoms with E-state index in [9.17, 15) is 30.0 Å². The summed E-state index contributed by atoms with van der Waals surface area (Å²) in [6.07, 6.45) is 31.8. The zero-order valence-corrected chi connectivity index (χ0v) is 32.9. The summed E-state index contributed by atoms with van der Waals surface area (Å²) < 4.78 is 5.06. The van der Waals surface area contributed by atoms with Gasteiger partial charge in [-0.25, -0.2) is 0 Å². The standard InChI is InChI=1S/C42H83NO7/c1-3-5-7-9-11-13-15-17-19-21-23-25-27-29-31-33-35-43-42(49)41(48)40(47)39(46)37(44)36-50-38(45)34-32-30-28-26-24-22-20-18-16-14-12-10-8-6-4-2/h37,39-41,44,46-48H,3-36H2,1-2H3,(H,43,49). The number of hydrogen-bond acceptors (Lipinski definition) is 7. The van der Waals surface area contributed by atoms with Crippen LogP contribution >= 0.6 is 0 Å². The van der Waals surface area contributed by atoms with Crippen LogP contribution in [0.3, 0.4) is 0 Å². The van der Waals surface area contributed by atoms with Crippen LogP contribution in [0.2, 0.25) is 0 Å². The molecule has 8 heteroatoms. The molecule has 0 aliphatic heterocycles. The second-order valence-electron chi connectivity index (χ2n) is 15.0. The second-order valence-corrected chi connectivity index (χ2v) is 15.0. The van der Waals surface area contributed by atoms with E-state index in [2.05, 4.69) is 19.2 Å². The Balaban J connectivity index is 3.70. The fraction of sp³-hybridized carbons (Fsp3) is 0.952. The summed E-state index contributed by atoms with van der Waals surface area (Å²) in [7, 11) is 0. The van der Waals surface area contributed by atoms with Gasteiger partial charge in [-0.15, -0.1) is 0 Å². The number of aliphatic hydroxyl groups excluding tert-OH is 4. The minimum atomic E-state index is -1.90. The summed E-state index contributed by atoms with van der Waals surface area (Å²) in [5, 5.41) is 43.4. The summed E-state index contributed by atoms with van der Waals surface area (Å²) in [4.78, 5) is 24.3. The first-order valence-corrected chi connectivity index (χ1v) is 21.5. The molecular formula is C42H83NO7. The number of hydrogen-bond donors (Lipinski definition) is 5. The highest BCUT2D eigenvalue weighted by Gasteiger charge is 2.34. The molecule has 0 heterocycles. The molecular weight excluding hydrogens is 630 g/mol. The highest BCUT2D eigenvalue weighted by atomic mass is 16.5. The van der Waals surface area contributed by atoms with Crippen LogP contribution in [0, 0.1) is 0 Å². The van der Waals surface area contributed by atoms with Gasteiger partial charge in [0, 0.05) is 13.0 Å². The van der Waals surface area contributed by atoms with E-state index >= 15 is 0 Å². The smallest absolute Gasteiger partial charge is 0.305 e. The Morgan fingerprint density at radius 3 is 1.14 bits per heavy atom. The molecule has 0 fully saturated rings. The monoisotopic (exact) mass is 714 g/mol. The first kappa shape index (κ1) is 48.8. The molecule has 0 aliphatic carbocycles. The van der Waals surface area contributed by atoms with Gasteiger partial charge in [-0.3, -0.25) is 9.59 Å². The highest BCUT2D eigenvalue weighted by Crippen LogP contribution is 2.16. The molecule has 0 bridgehead atoms. The van der Waals surface area contributed by atoms with Gasteiger partial charge in [0.15, 0.2) is 6.10 Å². The number of ether oxygens (including phenoxy) is 1. The third-order valence-electron chi connectivity index (χ3n) is 10.1. The molecule has 5 N–H and O–H groups in total. The summed E-state index contributed by atoms with van der Waals surface area (Å²) in [6.45, 7) is 4.37. The van der Waals surface area contributed by atoms with Crippen LogP contribution in [-0.2, 0) is 14.3 Å². The Kier molecular flexibility index (Phi) is 36.6.